The van der Waals surface area contributed by atoms with Gasteiger partial charge in [-0.2, -0.15) is 0 Å². The fourth-order valence-corrected chi connectivity index (χ4v) is 2.05. The molecule has 0 unspecified atom stereocenters. The van der Waals surface area contributed by atoms with Gasteiger partial charge in [0.25, 0.3) is 0 Å². The normalized spacial score (nSPS) is 10.3. The van der Waals surface area contributed by atoms with Gasteiger partial charge in [-0.25, -0.2) is 0 Å². The van der Waals surface area contributed by atoms with Gasteiger partial charge in [-0.05, 0) is 37.1 Å². The zero-order valence-electron chi connectivity index (χ0n) is 10.1. The van der Waals surface area contributed by atoms with E-state index >= 15 is 0 Å². The van der Waals surface area contributed by atoms with Crippen molar-refractivity contribution in [3.05, 3.63) is 63.6 Å². The lowest BCUT2D eigenvalue weighted by Gasteiger charge is -2.10. The van der Waals surface area contributed by atoms with E-state index in [0.29, 0.717) is 0 Å². The molecule has 0 bridgehead atoms. The van der Waals surface area contributed by atoms with Gasteiger partial charge in [0, 0.05) is 16.7 Å². The first-order chi connectivity index (χ1) is 8.15. The Balaban J connectivity index is 2.07. The molecule has 2 rings (SSSR count). The Kier molecular flexibility index (Phi) is 3.85. The SMILES string of the molecule is Cc1ccc(CNc2cc(Br)ccc2C)cc1. The number of nitrogens with one attached hydrogen (secondary N) is 1. The smallest absolute Gasteiger partial charge is 0.0400 e. The second-order valence-corrected chi connectivity index (χ2v) is 5.21. The fourth-order valence-electron chi connectivity index (χ4n) is 1.69. The van der Waals surface area contributed by atoms with E-state index in [-0.39, 0.29) is 0 Å². The summed E-state index contributed by atoms with van der Waals surface area (Å²) >= 11 is 3.49. The summed E-state index contributed by atoms with van der Waals surface area (Å²) in [5.41, 5.74) is 5.04. The van der Waals surface area contributed by atoms with Crippen molar-refractivity contribution in [1.29, 1.82) is 0 Å². The molecule has 0 amide bonds. The lowest BCUT2D eigenvalue weighted by Crippen LogP contribution is -2.00. The highest BCUT2D eigenvalue weighted by atomic mass is 79.9. The van der Waals surface area contributed by atoms with Gasteiger partial charge >= 0.3 is 0 Å². The minimum Gasteiger partial charge on any atom is -0.381 e. The molecule has 0 saturated carbocycles. The van der Waals surface area contributed by atoms with Gasteiger partial charge in [0.1, 0.15) is 0 Å². The lowest BCUT2D eigenvalue weighted by molar-refractivity contribution is 1.13. The van der Waals surface area contributed by atoms with Gasteiger partial charge in [0.2, 0.25) is 0 Å². The maximum Gasteiger partial charge on any atom is 0.0400 e. The maximum absolute atomic E-state index is 3.49. The number of hydrogen-bond donors (Lipinski definition) is 1. The van der Waals surface area contributed by atoms with Gasteiger partial charge in [-0.1, -0.05) is 51.8 Å². The van der Waals surface area contributed by atoms with Gasteiger partial charge in [-0.15, -0.1) is 0 Å². The van der Waals surface area contributed by atoms with Gasteiger partial charge in [-0.3, -0.25) is 0 Å². The Morgan fingerprint density at radius 3 is 2.41 bits per heavy atom. The van der Waals surface area contributed by atoms with Crippen molar-refractivity contribution in [3.8, 4) is 0 Å². The summed E-state index contributed by atoms with van der Waals surface area (Å²) in [6, 6.07) is 14.9. The average molecular weight is 290 g/mol. The van der Waals surface area contributed by atoms with Crippen LogP contribution in [0.15, 0.2) is 46.9 Å². The molecule has 0 aliphatic heterocycles. The van der Waals surface area contributed by atoms with Crippen LogP contribution in [0.3, 0.4) is 0 Å². The Morgan fingerprint density at radius 1 is 1.00 bits per heavy atom. The topological polar surface area (TPSA) is 12.0 Å². The molecule has 0 atom stereocenters. The Hall–Kier alpha value is -1.28. The first-order valence-corrected chi connectivity index (χ1v) is 6.50. The monoisotopic (exact) mass is 289 g/mol. The molecule has 0 aliphatic carbocycles. The number of hydrogen-bond acceptors (Lipinski definition) is 1. The van der Waals surface area contributed by atoms with Crippen LogP contribution >= 0.6 is 15.9 Å². The van der Waals surface area contributed by atoms with Crippen molar-refractivity contribution in [2.45, 2.75) is 20.4 Å². The Morgan fingerprint density at radius 2 is 1.71 bits per heavy atom. The predicted molar refractivity (Wildman–Crippen MR) is 77.4 cm³/mol. The van der Waals surface area contributed by atoms with E-state index in [0.717, 1.165) is 11.0 Å². The minimum absolute atomic E-state index is 0.859. The average Bonchev–Trinajstić information content (AvgIpc) is 2.32. The van der Waals surface area contributed by atoms with Crippen LogP contribution in [0.2, 0.25) is 0 Å². The van der Waals surface area contributed by atoms with Crippen LogP contribution in [0.1, 0.15) is 16.7 Å². The van der Waals surface area contributed by atoms with Crippen LogP contribution in [0.5, 0.6) is 0 Å². The summed E-state index contributed by atoms with van der Waals surface area (Å²) in [4.78, 5) is 0. The van der Waals surface area contributed by atoms with Crippen molar-refractivity contribution in [2.24, 2.45) is 0 Å². The minimum atomic E-state index is 0.859. The lowest BCUT2D eigenvalue weighted by atomic mass is 10.1. The number of anilines is 1. The number of aryl methyl sites for hydroxylation is 2. The molecule has 88 valence electrons. The molecule has 0 fully saturated rings. The number of benzene rings is 2. The van der Waals surface area contributed by atoms with Crippen LogP contribution in [0.25, 0.3) is 0 Å². The molecule has 0 aromatic heterocycles. The summed E-state index contributed by atoms with van der Waals surface area (Å²) in [6.45, 7) is 5.08. The Labute approximate surface area is 111 Å². The third-order valence-corrected chi connectivity index (χ3v) is 3.30. The first-order valence-electron chi connectivity index (χ1n) is 5.71. The third kappa shape index (κ3) is 3.34. The van der Waals surface area contributed by atoms with E-state index < -0.39 is 0 Å². The van der Waals surface area contributed by atoms with Crippen molar-refractivity contribution >= 4 is 21.6 Å². The number of rotatable bonds is 3. The van der Waals surface area contributed by atoms with E-state index in [1.54, 1.807) is 0 Å². The van der Waals surface area contributed by atoms with Crippen molar-refractivity contribution in [2.75, 3.05) is 5.32 Å². The molecular weight excluding hydrogens is 274 g/mol. The number of halogens is 1. The summed E-state index contributed by atoms with van der Waals surface area (Å²) in [5, 5.41) is 3.46. The van der Waals surface area contributed by atoms with Crippen molar-refractivity contribution < 1.29 is 0 Å². The molecule has 17 heavy (non-hydrogen) atoms. The summed E-state index contributed by atoms with van der Waals surface area (Å²) < 4.78 is 1.11. The third-order valence-electron chi connectivity index (χ3n) is 2.80. The maximum atomic E-state index is 3.49. The van der Waals surface area contributed by atoms with Gasteiger partial charge < -0.3 is 5.32 Å². The molecule has 0 radical (unpaired) electrons. The quantitative estimate of drug-likeness (QED) is 0.865. The Bertz CT molecular complexity index is 503. The summed E-state index contributed by atoms with van der Waals surface area (Å²) in [5.74, 6) is 0. The molecule has 2 heteroatoms. The molecular formula is C15H16BrN. The van der Waals surface area contributed by atoms with E-state index in [1.165, 1.54) is 22.4 Å². The molecule has 1 N–H and O–H groups in total. The first kappa shape index (κ1) is 12.2. The predicted octanol–water partition coefficient (Wildman–Crippen LogP) is 4.68. The second kappa shape index (κ2) is 5.37. The van der Waals surface area contributed by atoms with Crippen molar-refractivity contribution in [1.82, 2.24) is 0 Å². The summed E-state index contributed by atoms with van der Waals surface area (Å²) in [7, 11) is 0. The highest BCUT2D eigenvalue weighted by Crippen LogP contribution is 2.21. The van der Waals surface area contributed by atoms with E-state index in [9.17, 15) is 0 Å². The van der Waals surface area contributed by atoms with Gasteiger partial charge in [0.15, 0.2) is 0 Å². The van der Waals surface area contributed by atoms with E-state index in [2.05, 4.69) is 77.6 Å². The van der Waals surface area contributed by atoms with E-state index in [1.807, 2.05) is 0 Å². The van der Waals surface area contributed by atoms with Crippen LogP contribution in [-0.4, -0.2) is 0 Å². The largest absolute Gasteiger partial charge is 0.381 e. The molecule has 0 aliphatic rings. The molecule has 0 spiro atoms. The van der Waals surface area contributed by atoms with Crippen LogP contribution in [0, 0.1) is 13.8 Å². The molecule has 0 saturated heterocycles. The standard InChI is InChI=1S/C15H16BrN/c1-11-3-6-13(7-4-11)10-17-15-9-14(16)8-5-12(15)2/h3-9,17H,10H2,1-2H3. The molecule has 1 nitrogen and oxygen atoms in total. The van der Waals surface area contributed by atoms with Gasteiger partial charge in [0.05, 0.1) is 0 Å². The zero-order chi connectivity index (χ0) is 12.3. The van der Waals surface area contributed by atoms with E-state index in [4.69, 9.17) is 0 Å². The fraction of sp³-hybridized carbons (Fsp3) is 0.200. The molecule has 2 aromatic carbocycles. The molecule has 0 heterocycles. The molecule has 2 aromatic rings. The van der Waals surface area contributed by atoms with Crippen molar-refractivity contribution in [3.63, 3.8) is 0 Å². The van der Waals surface area contributed by atoms with Crippen LogP contribution in [0.4, 0.5) is 5.69 Å². The zero-order valence-corrected chi connectivity index (χ0v) is 11.7. The van der Waals surface area contributed by atoms with Crippen LogP contribution in [-0.2, 0) is 6.54 Å². The highest BCUT2D eigenvalue weighted by molar-refractivity contribution is 9.10. The summed E-state index contributed by atoms with van der Waals surface area (Å²) in [6.07, 6.45) is 0. The highest BCUT2D eigenvalue weighted by Gasteiger charge is 1.99. The van der Waals surface area contributed by atoms with Crippen LogP contribution < -0.4 is 5.32 Å². The second-order valence-electron chi connectivity index (χ2n) is 4.30.